The highest BCUT2D eigenvalue weighted by molar-refractivity contribution is 5.95. The number of carbonyl (C=O) groups excluding carboxylic acids is 1. The van der Waals surface area contributed by atoms with Crippen LogP contribution in [0, 0.1) is 5.92 Å². The molecule has 2 aliphatic heterocycles. The normalized spacial score (nSPS) is 25.4. The summed E-state index contributed by atoms with van der Waals surface area (Å²) in [5.41, 5.74) is 6.65. The smallest absolute Gasteiger partial charge is 0.254 e. The third kappa shape index (κ3) is 2.45. The van der Waals surface area contributed by atoms with E-state index < -0.39 is 0 Å². The molecule has 1 fully saturated rings. The Morgan fingerprint density at radius 3 is 2.80 bits per heavy atom. The van der Waals surface area contributed by atoms with Crippen LogP contribution in [0.4, 0.5) is 0 Å². The summed E-state index contributed by atoms with van der Waals surface area (Å²) < 4.78 is 11.0. The predicted molar refractivity (Wildman–Crippen MR) is 75.1 cm³/mol. The average molecular weight is 276 g/mol. The van der Waals surface area contributed by atoms with Gasteiger partial charge in [0.25, 0.3) is 5.91 Å². The quantitative estimate of drug-likeness (QED) is 0.839. The van der Waals surface area contributed by atoms with Crippen LogP contribution in [0.5, 0.6) is 11.5 Å². The van der Waals surface area contributed by atoms with Crippen molar-refractivity contribution in [3.05, 3.63) is 23.8 Å². The van der Waals surface area contributed by atoms with E-state index in [1.807, 2.05) is 4.90 Å². The molecule has 1 aromatic carbocycles. The molecule has 1 saturated heterocycles. The average Bonchev–Trinajstić information content (AvgIpc) is 2.49. The monoisotopic (exact) mass is 276 g/mol. The standard InChI is InChI=1S/C15H20N2O3/c1-10-9-17(5-4-12(10)16)15(18)11-2-3-13-14(8-11)20-7-6-19-13/h2-3,8,10,12H,4-7,9,16H2,1H3. The third-order valence-electron chi connectivity index (χ3n) is 4.05. The summed E-state index contributed by atoms with van der Waals surface area (Å²) in [6, 6.07) is 5.57. The minimum absolute atomic E-state index is 0.0423. The summed E-state index contributed by atoms with van der Waals surface area (Å²) in [4.78, 5) is 14.4. The Morgan fingerprint density at radius 2 is 2.05 bits per heavy atom. The van der Waals surface area contributed by atoms with E-state index in [0.717, 1.165) is 13.0 Å². The zero-order chi connectivity index (χ0) is 14.1. The fourth-order valence-electron chi connectivity index (χ4n) is 2.71. The van der Waals surface area contributed by atoms with Gasteiger partial charge in [0.2, 0.25) is 0 Å². The van der Waals surface area contributed by atoms with Crippen LogP contribution < -0.4 is 15.2 Å². The molecule has 0 aromatic heterocycles. The first kappa shape index (κ1) is 13.2. The number of piperidine rings is 1. The maximum Gasteiger partial charge on any atom is 0.254 e. The number of nitrogens with zero attached hydrogens (tertiary/aromatic N) is 1. The highest BCUT2D eigenvalue weighted by Gasteiger charge is 2.27. The molecule has 1 amide bonds. The molecule has 5 nitrogen and oxygen atoms in total. The Kier molecular flexibility index (Phi) is 3.53. The molecular weight excluding hydrogens is 256 g/mol. The van der Waals surface area contributed by atoms with Gasteiger partial charge in [-0.1, -0.05) is 6.92 Å². The van der Waals surface area contributed by atoms with E-state index in [9.17, 15) is 4.79 Å². The molecule has 2 atom stereocenters. The van der Waals surface area contributed by atoms with Crippen molar-refractivity contribution in [2.45, 2.75) is 19.4 Å². The second-order valence-electron chi connectivity index (χ2n) is 5.54. The summed E-state index contributed by atoms with van der Waals surface area (Å²) >= 11 is 0. The first-order valence-corrected chi connectivity index (χ1v) is 7.09. The van der Waals surface area contributed by atoms with Gasteiger partial charge in [-0.15, -0.1) is 0 Å². The minimum Gasteiger partial charge on any atom is -0.486 e. The third-order valence-corrected chi connectivity index (χ3v) is 4.05. The molecule has 0 aliphatic carbocycles. The molecule has 0 bridgehead atoms. The molecule has 0 radical (unpaired) electrons. The number of amides is 1. The van der Waals surface area contributed by atoms with Crippen molar-refractivity contribution in [1.29, 1.82) is 0 Å². The zero-order valence-corrected chi connectivity index (χ0v) is 11.7. The van der Waals surface area contributed by atoms with E-state index in [0.29, 0.717) is 42.7 Å². The van der Waals surface area contributed by atoms with Crippen molar-refractivity contribution in [3.8, 4) is 11.5 Å². The van der Waals surface area contributed by atoms with Crippen LogP contribution in [-0.4, -0.2) is 43.2 Å². The largest absolute Gasteiger partial charge is 0.486 e. The predicted octanol–water partition coefficient (Wildman–Crippen LogP) is 1.27. The molecule has 20 heavy (non-hydrogen) atoms. The maximum absolute atomic E-state index is 12.5. The van der Waals surface area contributed by atoms with Crippen molar-refractivity contribution in [2.75, 3.05) is 26.3 Å². The Morgan fingerprint density at radius 1 is 1.30 bits per heavy atom. The molecule has 5 heteroatoms. The second kappa shape index (κ2) is 5.32. The highest BCUT2D eigenvalue weighted by Crippen LogP contribution is 2.31. The van der Waals surface area contributed by atoms with E-state index >= 15 is 0 Å². The lowest BCUT2D eigenvalue weighted by molar-refractivity contribution is 0.0663. The van der Waals surface area contributed by atoms with Gasteiger partial charge < -0.3 is 20.1 Å². The summed E-state index contributed by atoms with van der Waals surface area (Å²) in [5.74, 6) is 1.75. The molecule has 1 aromatic rings. The van der Waals surface area contributed by atoms with Crippen molar-refractivity contribution in [1.82, 2.24) is 4.90 Å². The van der Waals surface area contributed by atoms with Crippen LogP contribution in [0.15, 0.2) is 18.2 Å². The lowest BCUT2D eigenvalue weighted by Crippen LogP contribution is -2.48. The van der Waals surface area contributed by atoms with Gasteiger partial charge in [0, 0.05) is 24.7 Å². The van der Waals surface area contributed by atoms with Crippen LogP contribution in [0.1, 0.15) is 23.7 Å². The molecule has 0 saturated carbocycles. The summed E-state index contributed by atoms with van der Waals surface area (Å²) in [6.45, 7) is 4.61. The van der Waals surface area contributed by atoms with Crippen molar-refractivity contribution >= 4 is 5.91 Å². The van der Waals surface area contributed by atoms with Gasteiger partial charge in [-0.3, -0.25) is 4.79 Å². The molecule has 3 rings (SSSR count). The molecule has 108 valence electrons. The van der Waals surface area contributed by atoms with Gasteiger partial charge >= 0.3 is 0 Å². The van der Waals surface area contributed by atoms with Crippen molar-refractivity contribution in [3.63, 3.8) is 0 Å². The number of ether oxygens (including phenoxy) is 2. The molecular formula is C15H20N2O3. The molecule has 2 unspecified atom stereocenters. The second-order valence-corrected chi connectivity index (χ2v) is 5.54. The number of benzene rings is 1. The first-order chi connectivity index (χ1) is 9.65. The Balaban J connectivity index is 1.77. The number of likely N-dealkylation sites (tertiary alicyclic amines) is 1. The van der Waals surface area contributed by atoms with E-state index in [1.165, 1.54) is 0 Å². The number of carbonyl (C=O) groups is 1. The number of rotatable bonds is 1. The van der Waals surface area contributed by atoms with Gasteiger partial charge in [0.1, 0.15) is 13.2 Å². The van der Waals surface area contributed by atoms with Crippen molar-refractivity contribution in [2.24, 2.45) is 11.7 Å². The van der Waals surface area contributed by atoms with E-state index in [4.69, 9.17) is 15.2 Å². The van der Waals surface area contributed by atoms with Crippen LogP contribution >= 0.6 is 0 Å². The number of nitrogens with two attached hydrogens (primary N) is 1. The zero-order valence-electron chi connectivity index (χ0n) is 11.7. The maximum atomic E-state index is 12.5. The summed E-state index contributed by atoms with van der Waals surface area (Å²) in [6.07, 6.45) is 0.859. The fourth-order valence-corrected chi connectivity index (χ4v) is 2.71. The minimum atomic E-state index is 0.0423. The van der Waals surface area contributed by atoms with Gasteiger partial charge in [-0.05, 0) is 30.5 Å². The Bertz CT molecular complexity index is 518. The number of hydrogen-bond donors (Lipinski definition) is 1. The van der Waals surface area contributed by atoms with Crippen molar-refractivity contribution < 1.29 is 14.3 Å². The SMILES string of the molecule is CC1CN(C(=O)c2ccc3c(c2)OCCO3)CCC1N. The number of hydrogen-bond acceptors (Lipinski definition) is 4. The van der Waals surface area contributed by atoms with E-state index in [2.05, 4.69) is 6.92 Å². The van der Waals surface area contributed by atoms with Crippen LogP contribution in [0.3, 0.4) is 0 Å². The topological polar surface area (TPSA) is 64.8 Å². The molecule has 2 aliphatic rings. The molecule has 0 spiro atoms. The molecule has 2 N–H and O–H groups in total. The van der Waals surface area contributed by atoms with Crippen LogP contribution in [-0.2, 0) is 0 Å². The highest BCUT2D eigenvalue weighted by atomic mass is 16.6. The van der Waals surface area contributed by atoms with Gasteiger partial charge in [0.15, 0.2) is 11.5 Å². The lowest BCUT2D eigenvalue weighted by Gasteiger charge is -2.35. The van der Waals surface area contributed by atoms with Gasteiger partial charge in [0.05, 0.1) is 0 Å². The number of fused-ring (bicyclic) bond motifs is 1. The van der Waals surface area contributed by atoms with E-state index in [-0.39, 0.29) is 11.9 Å². The first-order valence-electron chi connectivity index (χ1n) is 7.09. The summed E-state index contributed by atoms with van der Waals surface area (Å²) in [5, 5.41) is 0. The van der Waals surface area contributed by atoms with Crippen LogP contribution in [0.2, 0.25) is 0 Å². The Hall–Kier alpha value is -1.75. The fraction of sp³-hybridized carbons (Fsp3) is 0.533. The van der Waals surface area contributed by atoms with E-state index in [1.54, 1.807) is 18.2 Å². The van der Waals surface area contributed by atoms with Gasteiger partial charge in [-0.25, -0.2) is 0 Å². The summed E-state index contributed by atoms with van der Waals surface area (Å²) in [7, 11) is 0. The van der Waals surface area contributed by atoms with Gasteiger partial charge in [-0.2, -0.15) is 0 Å². The lowest BCUT2D eigenvalue weighted by atomic mass is 9.94. The molecule has 2 heterocycles. The van der Waals surface area contributed by atoms with Crippen LogP contribution in [0.25, 0.3) is 0 Å². The Labute approximate surface area is 118 Å².